The van der Waals surface area contributed by atoms with Crippen molar-refractivity contribution < 1.29 is 19.8 Å². The second-order valence-electron chi connectivity index (χ2n) is 3.79. The van der Waals surface area contributed by atoms with E-state index in [1.807, 2.05) is 0 Å². The Morgan fingerprint density at radius 2 is 1.25 bits per heavy atom. The first kappa shape index (κ1) is 14.9. The van der Waals surface area contributed by atoms with E-state index in [2.05, 4.69) is 10.6 Å². The summed E-state index contributed by atoms with van der Waals surface area (Å²) in [5.74, 6) is -1.43. The molecule has 0 heterocycles. The van der Waals surface area contributed by atoms with Gasteiger partial charge in [0.15, 0.2) is 0 Å². The van der Waals surface area contributed by atoms with Crippen LogP contribution < -0.4 is 10.6 Å². The molecule has 0 aromatic carbocycles. The Kier molecular flexibility index (Phi) is 7.49. The SMILES string of the molecule is CC(O)CCNC(=O)C(=O)NCCC(C)O. The molecule has 0 fully saturated rings. The minimum atomic E-state index is -0.716. The van der Waals surface area contributed by atoms with Crippen LogP contribution in [0.15, 0.2) is 0 Å². The number of hydrogen-bond donors (Lipinski definition) is 4. The van der Waals surface area contributed by atoms with E-state index >= 15 is 0 Å². The molecule has 4 N–H and O–H groups in total. The summed E-state index contributed by atoms with van der Waals surface area (Å²) in [6.07, 6.45) is -0.184. The lowest BCUT2D eigenvalue weighted by atomic mass is 10.3. The third-order valence-corrected chi connectivity index (χ3v) is 1.90. The topological polar surface area (TPSA) is 98.7 Å². The first-order chi connectivity index (χ1) is 7.43. The van der Waals surface area contributed by atoms with Crippen molar-refractivity contribution in [2.45, 2.75) is 38.9 Å². The van der Waals surface area contributed by atoms with Crippen molar-refractivity contribution in [2.24, 2.45) is 0 Å². The standard InChI is InChI=1S/C10H20N2O4/c1-7(13)3-5-11-9(15)10(16)12-6-4-8(2)14/h7-8,13-14H,3-6H2,1-2H3,(H,11,15)(H,12,16). The van der Waals surface area contributed by atoms with E-state index in [9.17, 15) is 9.59 Å². The first-order valence-electron chi connectivity index (χ1n) is 5.35. The highest BCUT2D eigenvalue weighted by Crippen LogP contribution is 1.87. The van der Waals surface area contributed by atoms with Crippen LogP contribution in [-0.2, 0) is 9.59 Å². The molecule has 0 aliphatic heterocycles. The second-order valence-corrected chi connectivity index (χ2v) is 3.79. The number of aliphatic hydroxyl groups is 2. The Bertz CT molecular complexity index is 205. The van der Waals surface area contributed by atoms with Gasteiger partial charge in [-0.05, 0) is 26.7 Å². The zero-order valence-corrected chi connectivity index (χ0v) is 9.69. The van der Waals surface area contributed by atoms with Gasteiger partial charge in [0, 0.05) is 13.1 Å². The minimum absolute atomic E-state index is 0.264. The number of amides is 2. The molecule has 0 aromatic rings. The molecule has 0 radical (unpaired) electrons. The summed E-state index contributed by atoms with van der Waals surface area (Å²) in [5, 5.41) is 22.6. The Hall–Kier alpha value is -1.14. The molecule has 2 amide bonds. The highest BCUT2D eigenvalue weighted by molar-refractivity contribution is 6.35. The largest absolute Gasteiger partial charge is 0.393 e. The molecule has 6 heteroatoms. The zero-order chi connectivity index (χ0) is 12.6. The van der Waals surface area contributed by atoms with E-state index in [1.54, 1.807) is 13.8 Å². The van der Waals surface area contributed by atoms with Gasteiger partial charge in [-0.2, -0.15) is 0 Å². The molecule has 0 saturated heterocycles. The Morgan fingerprint density at radius 1 is 0.938 bits per heavy atom. The lowest BCUT2D eigenvalue weighted by Crippen LogP contribution is -2.41. The maximum Gasteiger partial charge on any atom is 0.309 e. The van der Waals surface area contributed by atoms with Crippen molar-refractivity contribution in [3.05, 3.63) is 0 Å². The van der Waals surface area contributed by atoms with Gasteiger partial charge in [-0.25, -0.2) is 0 Å². The van der Waals surface area contributed by atoms with E-state index in [0.717, 1.165) is 0 Å². The molecule has 0 spiro atoms. The average molecular weight is 232 g/mol. The van der Waals surface area contributed by atoms with E-state index in [1.165, 1.54) is 0 Å². The number of carbonyl (C=O) groups excluding carboxylic acids is 2. The predicted molar refractivity (Wildman–Crippen MR) is 58.6 cm³/mol. The van der Waals surface area contributed by atoms with E-state index in [0.29, 0.717) is 12.8 Å². The summed E-state index contributed by atoms with van der Waals surface area (Å²) >= 11 is 0. The van der Waals surface area contributed by atoms with E-state index in [-0.39, 0.29) is 13.1 Å². The summed E-state index contributed by atoms with van der Waals surface area (Å²) in [6.45, 7) is 3.74. The maximum absolute atomic E-state index is 11.1. The van der Waals surface area contributed by atoms with Crippen molar-refractivity contribution in [1.29, 1.82) is 0 Å². The number of hydrogen-bond acceptors (Lipinski definition) is 4. The van der Waals surface area contributed by atoms with Crippen molar-refractivity contribution in [3.8, 4) is 0 Å². The van der Waals surface area contributed by atoms with Crippen molar-refractivity contribution in [2.75, 3.05) is 13.1 Å². The van der Waals surface area contributed by atoms with Gasteiger partial charge in [0.1, 0.15) is 0 Å². The van der Waals surface area contributed by atoms with Crippen LogP contribution in [0.3, 0.4) is 0 Å². The van der Waals surface area contributed by atoms with Gasteiger partial charge in [0.25, 0.3) is 0 Å². The lowest BCUT2D eigenvalue weighted by molar-refractivity contribution is -0.139. The Balaban J connectivity index is 3.62. The van der Waals surface area contributed by atoms with Crippen LogP contribution in [0.25, 0.3) is 0 Å². The molecule has 6 nitrogen and oxygen atoms in total. The number of carbonyl (C=O) groups is 2. The van der Waals surface area contributed by atoms with Gasteiger partial charge < -0.3 is 20.8 Å². The Morgan fingerprint density at radius 3 is 1.50 bits per heavy atom. The molecule has 0 aliphatic carbocycles. The molecule has 0 aliphatic rings. The predicted octanol–water partition coefficient (Wildman–Crippen LogP) is -1.24. The molecule has 16 heavy (non-hydrogen) atoms. The minimum Gasteiger partial charge on any atom is -0.393 e. The van der Waals surface area contributed by atoms with Crippen LogP contribution in [0.2, 0.25) is 0 Å². The quantitative estimate of drug-likeness (QED) is 0.430. The first-order valence-corrected chi connectivity index (χ1v) is 5.35. The maximum atomic E-state index is 11.1. The lowest BCUT2D eigenvalue weighted by Gasteiger charge is -2.08. The Labute approximate surface area is 95.0 Å². The third-order valence-electron chi connectivity index (χ3n) is 1.90. The fourth-order valence-electron chi connectivity index (χ4n) is 0.950. The molecule has 0 rings (SSSR count). The number of aliphatic hydroxyl groups excluding tert-OH is 2. The molecule has 2 atom stereocenters. The molecule has 0 aromatic heterocycles. The summed E-state index contributed by atoms with van der Waals surface area (Å²) in [5.41, 5.74) is 0. The highest BCUT2D eigenvalue weighted by Gasteiger charge is 2.12. The van der Waals surface area contributed by atoms with Crippen LogP contribution in [-0.4, -0.2) is 47.3 Å². The van der Waals surface area contributed by atoms with Crippen LogP contribution in [0.5, 0.6) is 0 Å². The summed E-state index contributed by atoms with van der Waals surface area (Å²) < 4.78 is 0. The number of nitrogens with one attached hydrogen (secondary N) is 2. The normalized spacial score (nSPS) is 14.0. The second kappa shape index (κ2) is 8.06. The molecule has 0 saturated carbocycles. The van der Waals surface area contributed by atoms with Gasteiger partial charge in [0.05, 0.1) is 12.2 Å². The molecular weight excluding hydrogens is 212 g/mol. The molecule has 2 unspecified atom stereocenters. The van der Waals surface area contributed by atoms with Crippen molar-refractivity contribution >= 4 is 11.8 Å². The molecule has 0 bridgehead atoms. The summed E-state index contributed by atoms with van der Waals surface area (Å²) in [4.78, 5) is 22.3. The third kappa shape index (κ3) is 8.19. The van der Waals surface area contributed by atoms with Crippen LogP contribution in [0, 0.1) is 0 Å². The fourth-order valence-corrected chi connectivity index (χ4v) is 0.950. The molecule has 94 valence electrons. The fraction of sp³-hybridized carbons (Fsp3) is 0.800. The van der Waals surface area contributed by atoms with Crippen molar-refractivity contribution in [3.63, 3.8) is 0 Å². The van der Waals surface area contributed by atoms with Crippen LogP contribution >= 0.6 is 0 Å². The van der Waals surface area contributed by atoms with E-state index in [4.69, 9.17) is 10.2 Å². The van der Waals surface area contributed by atoms with Crippen LogP contribution in [0.4, 0.5) is 0 Å². The molecular formula is C10H20N2O4. The van der Waals surface area contributed by atoms with Gasteiger partial charge in [0.2, 0.25) is 0 Å². The van der Waals surface area contributed by atoms with Crippen molar-refractivity contribution in [1.82, 2.24) is 10.6 Å². The monoisotopic (exact) mass is 232 g/mol. The highest BCUT2D eigenvalue weighted by atomic mass is 16.3. The summed E-state index contributed by atoms with van der Waals surface area (Å²) in [6, 6.07) is 0. The van der Waals surface area contributed by atoms with Crippen LogP contribution in [0.1, 0.15) is 26.7 Å². The average Bonchev–Trinajstić information content (AvgIpc) is 2.16. The smallest absolute Gasteiger partial charge is 0.309 e. The van der Waals surface area contributed by atoms with E-state index < -0.39 is 24.0 Å². The zero-order valence-electron chi connectivity index (χ0n) is 9.69. The van der Waals surface area contributed by atoms with Gasteiger partial charge in [-0.3, -0.25) is 9.59 Å². The summed E-state index contributed by atoms with van der Waals surface area (Å²) in [7, 11) is 0. The van der Waals surface area contributed by atoms with Gasteiger partial charge in [-0.1, -0.05) is 0 Å². The number of rotatable bonds is 6. The van der Waals surface area contributed by atoms with Gasteiger partial charge in [-0.15, -0.1) is 0 Å². The van der Waals surface area contributed by atoms with Gasteiger partial charge >= 0.3 is 11.8 Å².